The SMILES string of the molecule is CNCc1sc(S(=O)(=O)NCCc2ncn[nH]2)cc1C. The fourth-order valence-electron chi connectivity index (χ4n) is 1.68. The maximum atomic E-state index is 12.2. The zero-order valence-corrected chi connectivity index (χ0v) is 12.9. The lowest BCUT2D eigenvalue weighted by Crippen LogP contribution is -2.25. The molecule has 0 spiro atoms. The number of sulfonamides is 1. The van der Waals surface area contributed by atoms with Crippen LogP contribution in [-0.4, -0.2) is 37.2 Å². The highest BCUT2D eigenvalue weighted by molar-refractivity contribution is 7.91. The standard InChI is InChI=1S/C11H17N5O2S2/c1-8-5-11(19-9(8)6-12-2)20(17,18)15-4-3-10-13-7-14-16-10/h5,7,12,15H,3-4,6H2,1-2H3,(H,13,14,16). The molecule has 0 aliphatic heterocycles. The average molecular weight is 315 g/mol. The molecule has 2 rings (SSSR count). The van der Waals surface area contributed by atoms with Crippen molar-refractivity contribution in [1.82, 2.24) is 25.2 Å². The third-order valence-corrected chi connectivity index (χ3v) is 5.89. The summed E-state index contributed by atoms with van der Waals surface area (Å²) in [6.07, 6.45) is 1.88. The molecule has 20 heavy (non-hydrogen) atoms. The van der Waals surface area contributed by atoms with Crippen LogP contribution in [0.1, 0.15) is 16.3 Å². The minimum atomic E-state index is -3.45. The van der Waals surface area contributed by atoms with E-state index in [-0.39, 0.29) is 6.54 Å². The third-order valence-electron chi connectivity index (χ3n) is 2.72. The van der Waals surface area contributed by atoms with Crippen LogP contribution >= 0.6 is 11.3 Å². The van der Waals surface area contributed by atoms with Crippen LogP contribution < -0.4 is 10.0 Å². The normalized spacial score (nSPS) is 11.9. The van der Waals surface area contributed by atoms with Gasteiger partial charge in [0.25, 0.3) is 0 Å². The van der Waals surface area contributed by atoms with Gasteiger partial charge in [0.1, 0.15) is 16.4 Å². The van der Waals surface area contributed by atoms with Crippen molar-refractivity contribution in [3.8, 4) is 0 Å². The van der Waals surface area contributed by atoms with Gasteiger partial charge in [0.2, 0.25) is 10.0 Å². The van der Waals surface area contributed by atoms with Gasteiger partial charge in [-0.15, -0.1) is 11.3 Å². The van der Waals surface area contributed by atoms with Crippen molar-refractivity contribution in [3.63, 3.8) is 0 Å². The Hall–Kier alpha value is -1.29. The highest BCUT2D eigenvalue weighted by Gasteiger charge is 2.18. The van der Waals surface area contributed by atoms with Gasteiger partial charge in [-0.3, -0.25) is 5.10 Å². The molecule has 2 aromatic heterocycles. The molecule has 0 atom stereocenters. The molecule has 0 radical (unpaired) electrons. The van der Waals surface area contributed by atoms with E-state index in [4.69, 9.17) is 0 Å². The first-order valence-corrected chi connectivity index (χ1v) is 8.40. The third kappa shape index (κ3) is 3.63. The smallest absolute Gasteiger partial charge is 0.250 e. The number of nitrogens with zero attached hydrogens (tertiary/aromatic N) is 2. The first-order chi connectivity index (χ1) is 9.53. The van der Waals surface area contributed by atoms with Crippen molar-refractivity contribution in [1.29, 1.82) is 0 Å². The molecule has 0 fully saturated rings. The second-order valence-electron chi connectivity index (χ2n) is 4.28. The predicted molar refractivity (Wildman–Crippen MR) is 77.1 cm³/mol. The van der Waals surface area contributed by atoms with E-state index in [1.54, 1.807) is 6.07 Å². The van der Waals surface area contributed by atoms with E-state index in [1.807, 2.05) is 14.0 Å². The highest BCUT2D eigenvalue weighted by atomic mass is 32.2. The highest BCUT2D eigenvalue weighted by Crippen LogP contribution is 2.25. The zero-order chi connectivity index (χ0) is 14.6. The van der Waals surface area contributed by atoms with Gasteiger partial charge < -0.3 is 5.32 Å². The van der Waals surface area contributed by atoms with E-state index in [2.05, 4.69) is 25.2 Å². The van der Waals surface area contributed by atoms with Crippen LogP contribution in [0.15, 0.2) is 16.6 Å². The van der Waals surface area contributed by atoms with Crippen LogP contribution in [0.3, 0.4) is 0 Å². The summed E-state index contributed by atoms with van der Waals surface area (Å²) in [5, 5.41) is 9.43. The van der Waals surface area contributed by atoms with Gasteiger partial charge in [-0.2, -0.15) is 5.10 Å². The Bertz CT molecular complexity index is 648. The van der Waals surface area contributed by atoms with Gasteiger partial charge in [0.15, 0.2) is 0 Å². The number of hydrogen-bond acceptors (Lipinski definition) is 6. The minimum absolute atomic E-state index is 0.288. The molecule has 7 nitrogen and oxygen atoms in total. The van der Waals surface area contributed by atoms with Crippen LogP contribution in [0.2, 0.25) is 0 Å². The van der Waals surface area contributed by atoms with Crippen molar-refractivity contribution in [2.75, 3.05) is 13.6 Å². The van der Waals surface area contributed by atoms with Gasteiger partial charge in [-0.25, -0.2) is 18.1 Å². The molecule has 0 bridgehead atoms. The number of thiophene rings is 1. The zero-order valence-electron chi connectivity index (χ0n) is 11.3. The Kier molecular flexibility index (Phi) is 4.86. The number of aromatic nitrogens is 3. The molecule has 110 valence electrons. The van der Waals surface area contributed by atoms with Crippen LogP contribution in [0.5, 0.6) is 0 Å². The number of aromatic amines is 1. The summed E-state index contributed by atoms with van der Waals surface area (Å²) in [4.78, 5) is 4.97. The second kappa shape index (κ2) is 6.44. The Morgan fingerprint density at radius 2 is 2.25 bits per heavy atom. The minimum Gasteiger partial charge on any atom is -0.315 e. The van der Waals surface area contributed by atoms with Gasteiger partial charge >= 0.3 is 0 Å². The first kappa shape index (κ1) is 15.1. The number of hydrogen-bond donors (Lipinski definition) is 3. The number of nitrogens with one attached hydrogen (secondary N) is 3. The Morgan fingerprint density at radius 1 is 1.45 bits per heavy atom. The lowest BCUT2D eigenvalue weighted by Gasteiger charge is -2.03. The molecule has 3 N–H and O–H groups in total. The second-order valence-corrected chi connectivity index (χ2v) is 7.41. The first-order valence-electron chi connectivity index (χ1n) is 6.11. The molecule has 2 aromatic rings. The number of aryl methyl sites for hydroxylation is 1. The van der Waals surface area contributed by atoms with E-state index in [0.29, 0.717) is 23.0 Å². The molecule has 9 heteroatoms. The lowest BCUT2D eigenvalue weighted by atomic mass is 10.3. The monoisotopic (exact) mass is 315 g/mol. The molecule has 0 aliphatic rings. The molecule has 0 amide bonds. The summed E-state index contributed by atoms with van der Waals surface area (Å²) >= 11 is 1.29. The van der Waals surface area contributed by atoms with E-state index >= 15 is 0 Å². The number of H-pyrrole nitrogens is 1. The van der Waals surface area contributed by atoms with Crippen molar-refractivity contribution >= 4 is 21.4 Å². The van der Waals surface area contributed by atoms with Crippen LogP contribution in [0.4, 0.5) is 0 Å². The molecule has 0 unspecified atom stereocenters. The molecule has 0 saturated heterocycles. The number of rotatable bonds is 7. The quantitative estimate of drug-likeness (QED) is 0.687. The Labute approximate surface area is 121 Å². The van der Waals surface area contributed by atoms with Crippen LogP contribution in [0.25, 0.3) is 0 Å². The summed E-state index contributed by atoms with van der Waals surface area (Å²) in [6, 6.07) is 1.70. The molecule has 0 aliphatic carbocycles. The Balaban J connectivity index is 2.00. The van der Waals surface area contributed by atoms with E-state index < -0.39 is 10.0 Å². The van der Waals surface area contributed by atoms with Gasteiger partial charge in [-0.05, 0) is 25.6 Å². The predicted octanol–water partition coefficient (Wildman–Crippen LogP) is 0.415. The fourth-order valence-corrected chi connectivity index (χ4v) is 4.36. The van der Waals surface area contributed by atoms with Crippen LogP contribution in [0, 0.1) is 6.92 Å². The maximum Gasteiger partial charge on any atom is 0.250 e. The molecule has 0 saturated carbocycles. The summed E-state index contributed by atoms with van der Waals surface area (Å²) < 4.78 is 27.2. The average Bonchev–Trinajstić information content (AvgIpc) is 3.01. The van der Waals surface area contributed by atoms with E-state index in [1.165, 1.54) is 17.7 Å². The fraction of sp³-hybridized carbons (Fsp3) is 0.455. The van der Waals surface area contributed by atoms with Crippen molar-refractivity contribution in [3.05, 3.63) is 28.7 Å². The van der Waals surface area contributed by atoms with Gasteiger partial charge in [0, 0.05) is 24.4 Å². The molecule has 0 aromatic carbocycles. The molecular formula is C11H17N5O2S2. The molecular weight excluding hydrogens is 298 g/mol. The van der Waals surface area contributed by atoms with Crippen LogP contribution in [-0.2, 0) is 23.0 Å². The van der Waals surface area contributed by atoms with Crippen molar-refractivity contribution in [2.24, 2.45) is 0 Å². The van der Waals surface area contributed by atoms with Crippen molar-refractivity contribution < 1.29 is 8.42 Å². The lowest BCUT2D eigenvalue weighted by molar-refractivity contribution is 0.583. The summed E-state index contributed by atoms with van der Waals surface area (Å²) in [5.74, 6) is 0.658. The largest absolute Gasteiger partial charge is 0.315 e. The van der Waals surface area contributed by atoms with Gasteiger partial charge in [-0.1, -0.05) is 0 Å². The summed E-state index contributed by atoms with van der Waals surface area (Å²) in [7, 11) is -1.62. The van der Waals surface area contributed by atoms with Crippen molar-refractivity contribution in [2.45, 2.75) is 24.1 Å². The molecule has 2 heterocycles. The summed E-state index contributed by atoms with van der Waals surface area (Å²) in [5.41, 5.74) is 0.986. The summed E-state index contributed by atoms with van der Waals surface area (Å²) in [6.45, 7) is 2.87. The van der Waals surface area contributed by atoms with Gasteiger partial charge in [0.05, 0.1) is 0 Å². The topological polar surface area (TPSA) is 99.8 Å². The van der Waals surface area contributed by atoms with E-state index in [9.17, 15) is 8.42 Å². The van der Waals surface area contributed by atoms with E-state index in [0.717, 1.165) is 10.4 Å². The maximum absolute atomic E-state index is 12.2. The Morgan fingerprint density at radius 3 is 2.90 bits per heavy atom.